The van der Waals surface area contributed by atoms with Crippen LogP contribution in [0.15, 0.2) is 23.8 Å². The Kier molecular flexibility index (Phi) is 4.50. The van der Waals surface area contributed by atoms with Gasteiger partial charge in [-0.05, 0) is 67.3 Å². The van der Waals surface area contributed by atoms with Crippen LogP contribution in [-0.4, -0.2) is 34.6 Å². The van der Waals surface area contributed by atoms with E-state index >= 15 is 0 Å². The predicted octanol–water partition coefficient (Wildman–Crippen LogP) is 3.06. The van der Waals surface area contributed by atoms with Crippen molar-refractivity contribution in [2.24, 2.45) is 28.6 Å². The monoisotopic (exact) mass is 320 g/mol. The summed E-state index contributed by atoms with van der Waals surface area (Å²) >= 11 is 0. The maximum absolute atomic E-state index is 10.5. The zero-order chi connectivity index (χ0) is 16.8. The van der Waals surface area contributed by atoms with Crippen LogP contribution in [0.4, 0.5) is 0 Å². The summed E-state index contributed by atoms with van der Waals surface area (Å²) in [5.41, 5.74) is 2.29. The molecular formula is C20H32O3. The zero-order valence-electron chi connectivity index (χ0n) is 14.6. The number of fused-ring (bicyclic) bond motifs is 3. The highest BCUT2D eigenvalue weighted by molar-refractivity contribution is 5.25. The van der Waals surface area contributed by atoms with E-state index < -0.39 is 6.10 Å². The highest BCUT2D eigenvalue weighted by Crippen LogP contribution is 2.62. The molecule has 0 amide bonds. The van der Waals surface area contributed by atoms with E-state index in [1.54, 1.807) is 0 Å². The molecule has 0 bridgehead atoms. The quantitative estimate of drug-likeness (QED) is 0.700. The lowest BCUT2D eigenvalue weighted by molar-refractivity contribution is -0.146. The molecule has 2 saturated carbocycles. The van der Waals surface area contributed by atoms with Crippen molar-refractivity contribution in [3.8, 4) is 0 Å². The van der Waals surface area contributed by atoms with Gasteiger partial charge in [-0.1, -0.05) is 32.1 Å². The minimum Gasteiger partial charge on any atom is -0.396 e. The summed E-state index contributed by atoms with van der Waals surface area (Å²) in [6.45, 7) is 8.65. The Balaban J connectivity index is 1.89. The van der Waals surface area contributed by atoms with E-state index in [1.165, 1.54) is 5.57 Å². The normalized spacial score (nSPS) is 46.6. The second-order valence-corrected chi connectivity index (χ2v) is 8.64. The highest BCUT2D eigenvalue weighted by atomic mass is 16.3. The third kappa shape index (κ3) is 2.52. The first-order chi connectivity index (χ1) is 10.9. The predicted molar refractivity (Wildman–Crippen MR) is 91.8 cm³/mol. The van der Waals surface area contributed by atoms with Crippen LogP contribution in [0.5, 0.6) is 0 Å². The summed E-state index contributed by atoms with van der Waals surface area (Å²) < 4.78 is 0. The first-order valence-electron chi connectivity index (χ1n) is 9.13. The molecule has 2 fully saturated rings. The van der Waals surface area contributed by atoms with E-state index in [4.69, 9.17) is 0 Å². The van der Waals surface area contributed by atoms with Gasteiger partial charge in [0.15, 0.2) is 0 Å². The first-order valence-corrected chi connectivity index (χ1v) is 9.13. The molecule has 3 heteroatoms. The van der Waals surface area contributed by atoms with Crippen LogP contribution in [0.3, 0.4) is 0 Å². The number of allylic oxidation sites excluding steroid dienone is 2. The molecule has 6 unspecified atom stereocenters. The lowest BCUT2D eigenvalue weighted by Gasteiger charge is -2.60. The van der Waals surface area contributed by atoms with Gasteiger partial charge in [0.05, 0.1) is 19.3 Å². The standard InChI is InChI=1S/C20H32O3/c1-13(11-21)14-4-6-16-15(10-14)5-7-17-19(16,2)9-8-18(23)20(17,3)12-22/h5,14,16-18,21-23H,1,4,6-12H2,2-3H3. The second kappa shape index (κ2) is 6.02. The number of rotatable bonds is 3. The molecule has 0 aliphatic heterocycles. The van der Waals surface area contributed by atoms with Gasteiger partial charge in [0, 0.05) is 5.41 Å². The fourth-order valence-corrected chi connectivity index (χ4v) is 5.92. The van der Waals surface area contributed by atoms with Crippen molar-refractivity contribution in [1.29, 1.82) is 0 Å². The SMILES string of the molecule is C=C(CO)C1CCC2C(=CCC3C(C)(CO)C(O)CCC23C)C1. The summed E-state index contributed by atoms with van der Waals surface area (Å²) in [6.07, 6.45) is 8.04. The Bertz CT molecular complexity index is 511. The van der Waals surface area contributed by atoms with Crippen molar-refractivity contribution >= 4 is 0 Å². The molecule has 23 heavy (non-hydrogen) atoms. The molecule has 0 aromatic heterocycles. The van der Waals surface area contributed by atoms with Crippen LogP contribution in [0.25, 0.3) is 0 Å². The van der Waals surface area contributed by atoms with Crippen LogP contribution >= 0.6 is 0 Å². The maximum Gasteiger partial charge on any atom is 0.0641 e. The number of aliphatic hydroxyl groups is 3. The van der Waals surface area contributed by atoms with E-state index in [1.807, 2.05) is 0 Å². The van der Waals surface area contributed by atoms with Gasteiger partial charge in [-0.3, -0.25) is 0 Å². The lowest BCUT2D eigenvalue weighted by atomic mass is 9.45. The van der Waals surface area contributed by atoms with Gasteiger partial charge in [-0.2, -0.15) is 0 Å². The van der Waals surface area contributed by atoms with Gasteiger partial charge in [0.1, 0.15) is 0 Å². The minimum atomic E-state index is -0.397. The van der Waals surface area contributed by atoms with Gasteiger partial charge in [0.25, 0.3) is 0 Å². The topological polar surface area (TPSA) is 60.7 Å². The Morgan fingerprint density at radius 2 is 2.00 bits per heavy atom. The molecule has 0 saturated heterocycles. The molecular weight excluding hydrogens is 288 g/mol. The van der Waals surface area contributed by atoms with Crippen molar-refractivity contribution < 1.29 is 15.3 Å². The average Bonchev–Trinajstić information content (AvgIpc) is 2.57. The molecule has 3 rings (SSSR count). The van der Waals surface area contributed by atoms with E-state index in [2.05, 4.69) is 26.5 Å². The molecule has 0 aromatic rings. The smallest absolute Gasteiger partial charge is 0.0641 e. The molecule has 6 atom stereocenters. The minimum absolute atomic E-state index is 0.0637. The van der Waals surface area contributed by atoms with Crippen molar-refractivity contribution in [2.45, 2.75) is 58.5 Å². The van der Waals surface area contributed by atoms with Gasteiger partial charge in [-0.15, -0.1) is 0 Å². The number of aliphatic hydroxyl groups excluding tert-OH is 3. The fourth-order valence-electron chi connectivity index (χ4n) is 5.92. The molecule has 130 valence electrons. The Hall–Kier alpha value is -0.640. The molecule has 0 spiro atoms. The Morgan fingerprint density at radius 1 is 1.26 bits per heavy atom. The molecule has 0 aromatic carbocycles. The fraction of sp³-hybridized carbons (Fsp3) is 0.800. The Labute approximate surface area is 140 Å². The number of hydrogen-bond acceptors (Lipinski definition) is 3. The summed E-state index contributed by atoms with van der Waals surface area (Å²) in [4.78, 5) is 0. The molecule has 0 radical (unpaired) electrons. The second-order valence-electron chi connectivity index (χ2n) is 8.64. The molecule has 0 heterocycles. The largest absolute Gasteiger partial charge is 0.396 e. The van der Waals surface area contributed by atoms with Gasteiger partial charge in [-0.25, -0.2) is 0 Å². The lowest BCUT2D eigenvalue weighted by Crippen LogP contribution is -2.57. The summed E-state index contributed by atoms with van der Waals surface area (Å²) in [6, 6.07) is 0. The third-order valence-electron chi connectivity index (χ3n) is 7.58. The average molecular weight is 320 g/mol. The van der Waals surface area contributed by atoms with Crippen molar-refractivity contribution in [2.75, 3.05) is 13.2 Å². The first kappa shape index (κ1) is 17.2. The van der Waals surface area contributed by atoms with E-state index in [0.717, 1.165) is 44.1 Å². The molecule has 3 nitrogen and oxygen atoms in total. The number of hydrogen-bond donors (Lipinski definition) is 3. The van der Waals surface area contributed by atoms with Crippen LogP contribution in [0.2, 0.25) is 0 Å². The van der Waals surface area contributed by atoms with Crippen molar-refractivity contribution in [3.05, 3.63) is 23.8 Å². The van der Waals surface area contributed by atoms with Crippen LogP contribution in [0, 0.1) is 28.6 Å². The van der Waals surface area contributed by atoms with Crippen molar-refractivity contribution in [1.82, 2.24) is 0 Å². The van der Waals surface area contributed by atoms with Gasteiger partial charge >= 0.3 is 0 Å². The Morgan fingerprint density at radius 3 is 2.65 bits per heavy atom. The van der Waals surface area contributed by atoms with E-state index in [-0.39, 0.29) is 24.0 Å². The summed E-state index contributed by atoms with van der Waals surface area (Å²) in [7, 11) is 0. The highest BCUT2D eigenvalue weighted by Gasteiger charge is 2.57. The summed E-state index contributed by atoms with van der Waals surface area (Å²) in [5, 5.41) is 29.9. The maximum atomic E-state index is 10.5. The van der Waals surface area contributed by atoms with Crippen molar-refractivity contribution in [3.63, 3.8) is 0 Å². The van der Waals surface area contributed by atoms with E-state index in [9.17, 15) is 15.3 Å². The van der Waals surface area contributed by atoms with E-state index in [0.29, 0.717) is 17.8 Å². The molecule has 3 aliphatic rings. The molecule has 3 N–H and O–H groups in total. The van der Waals surface area contributed by atoms with Gasteiger partial charge in [0.2, 0.25) is 0 Å². The summed E-state index contributed by atoms with van der Waals surface area (Å²) in [5.74, 6) is 1.32. The van der Waals surface area contributed by atoms with Crippen LogP contribution < -0.4 is 0 Å². The molecule has 3 aliphatic carbocycles. The van der Waals surface area contributed by atoms with Crippen LogP contribution in [0.1, 0.15) is 52.4 Å². The third-order valence-corrected chi connectivity index (χ3v) is 7.58. The zero-order valence-corrected chi connectivity index (χ0v) is 14.6. The van der Waals surface area contributed by atoms with Crippen LogP contribution in [-0.2, 0) is 0 Å². The van der Waals surface area contributed by atoms with Gasteiger partial charge < -0.3 is 15.3 Å².